The Kier molecular flexibility index (Phi) is 14.7. The Morgan fingerprint density at radius 3 is 1.12 bits per heavy atom. The first-order valence-electron chi connectivity index (χ1n) is 9.18. The van der Waals surface area contributed by atoms with Gasteiger partial charge in [0.15, 0.2) is 0 Å². The summed E-state index contributed by atoms with van der Waals surface area (Å²) >= 11 is 0. The fourth-order valence-electron chi connectivity index (χ4n) is 2.27. The van der Waals surface area contributed by atoms with Crippen LogP contribution in [0.25, 0.3) is 0 Å². The fraction of sp³-hybridized carbons (Fsp3) is 0.500. The molecular weight excluding hydrogens is 379 g/mol. The molecule has 0 aliphatic heterocycles. The summed E-state index contributed by atoms with van der Waals surface area (Å²) in [4.78, 5) is 0. The smallest absolute Gasteiger partial charge is 0.344 e. The van der Waals surface area contributed by atoms with Gasteiger partial charge in [-0.2, -0.15) is 63.1 Å². The molecule has 3 rings (SSSR count). The molecule has 0 N–H and O–H groups in total. The van der Waals surface area contributed by atoms with Gasteiger partial charge in [0.25, 0.3) is 0 Å². The first kappa shape index (κ1) is 26.8. The van der Waals surface area contributed by atoms with Gasteiger partial charge < -0.3 is 13.3 Å². The van der Waals surface area contributed by atoms with Crippen molar-refractivity contribution in [2.75, 3.05) is 0 Å². The van der Waals surface area contributed by atoms with Crippen molar-refractivity contribution in [2.24, 2.45) is 0 Å². The van der Waals surface area contributed by atoms with E-state index in [0.29, 0.717) is 0 Å². The molecule has 0 saturated heterocycles. The summed E-state index contributed by atoms with van der Waals surface area (Å²) in [7, 11) is 0. The summed E-state index contributed by atoms with van der Waals surface area (Å²) in [5, 5.41) is 0. The van der Waals surface area contributed by atoms with E-state index in [1.807, 2.05) is 6.92 Å². The Balaban J connectivity index is 0. The summed E-state index contributed by atoms with van der Waals surface area (Å²) in [5.74, 6) is 0. The SMILES string of the molecule is Cc1c[c-](C)c(C)c1C.Cc1c[c-](C)c(C)c1C.[CH-]1CC1.[CH2-]CC.[Zr+4]. The molecule has 138 valence electrons. The molecule has 25 heavy (non-hydrogen) atoms. The molecule has 0 spiro atoms. The van der Waals surface area contributed by atoms with Crippen LogP contribution in [0.15, 0.2) is 12.1 Å². The van der Waals surface area contributed by atoms with Gasteiger partial charge >= 0.3 is 26.2 Å². The van der Waals surface area contributed by atoms with Crippen LogP contribution in [0.1, 0.15) is 70.7 Å². The Hall–Kier alpha value is -0.417. The normalized spacial score (nSPS) is 11.0. The van der Waals surface area contributed by atoms with Crippen LogP contribution in [0.5, 0.6) is 0 Å². The van der Waals surface area contributed by atoms with Gasteiger partial charge in [0.1, 0.15) is 0 Å². The second-order valence-electron chi connectivity index (χ2n) is 6.89. The van der Waals surface area contributed by atoms with Gasteiger partial charge in [0.2, 0.25) is 0 Å². The van der Waals surface area contributed by atoms with Crippen molar-refractivity contribution in [1.82, 2.24) is 0 Å². The van der Waals surface area contributed by atoms with Gasteiger partial charge in [0.05, 0.1) is 0 Å². The molecule has 0 bridgehead atoms. The van der Waals surface area contributed by atoms with Crippen molar-refractivity contribution in [2.45, 2.75) is 81.6 Å². The molecule has 0 heterocycles. The Morgan fingerprint density at radius 1 is 0.840 bits per heavy atom. The van der Waals surface area contributed by atoms with Crippen LogP contribution in [0, 0.1) is 68.7 Å². The van der Waals surface area contributed by atoms with Gasteiger partial charge in [-0.3, -0.25) is 0 Å². The van der Waals surface area contributed by atoms with Gasteiger partial charge in [-0.1, -0.05) is 62.3 Å². The molecule has 1 heteroatoms. The van der Waals surface area contributed by atoms with Crippen LogP contribution >= 0.6 is 0 Å². The summed E-state index contributed by atoms with van der Waals surface area (Å²) in [5.41, 5.74) is 11.5. The predicted octanol–water partition coefficient (Wildman–Crippen LogP) is 7.49. The third-order valence-corrected chi connectivity index (χ3v) is 4.65. The van der Waals surface area contributed by atoms with Gasteiger partial charge in [-0.05, 0) is 0 Å². The van der Waals surface area contributed by atoms with E-state index < -0.39 is 0 Å². The van der Waals surface area contributed by atoms with Crippen molar-refractivity contribution in [3.63, 3.8) is 0 Å². The van der Waals surface area contributed by atoms with Crippen molar-refractivity contribution in [1.29, 1.82) is 0 Å². The zero-order chi connectivity index (χ0) is 18.9. The topological polar surface area (TPSA) is 0 Å². The van der Waals surface area contributed by atoms with Gasteiger partial charge in [-0.15, -0.1) is 0 Å². The van der Waals surface area contributed by atoms with E-state index in [-0.39, 0.29) is 26.2 Å². The molecule has 2 aromatic carbocycles. The van der Waals surface area contributed by atoms with Gasteiger partial charge in [-0.25, -0.2) is 12.8 Å². The average molecular weight is 418 g/mol. The monoisotopic (exact) mass is 416 g/mol. The Bertz CT molecular complexity index is 496. The van der Waals surface area contributed by atoms with Crippen molar-refractivity contribution >= 4 is 0 Å². The van der Waals surface area contributed by atoms with Crippen LogP contribution in [0.2, 0.25) is 0 Å². The quantitative estimate of drug-likeness (QED) is 0.389. The fourth-order valence-corrected chi connectivity index (χ4v) is 2.27. The molecule has 1 saturated carbocycles. The minimum absolute atomic E-state index is 0. The first-order chi connectivity index (χ1) is 11.2. The number of aryl methyl sites for hydroxylation is 4. The third kappa shape index (κ3) is 10.3. The second kappa shape index (κ2) is 13.7. The molecule has 0 radical (unpaired) electrons. The molecule has 0 amide bonds. The minimum atomic E-state index is 0. The van der Waals surface area contributed by atoms with Crippen molar-refractivity contribution in [3.8, 4) is 0 Å². The minimum Gasteiger partial charge on any atom is -0.344 e. The molecule has 0 nitrogen and oxygen atoms in total. The summed E-state index contributed by atoms with van der Waals surface area (Å²) < 4.78 is 0. The number of hydrogen-bond acceptors (Lipinski definition) is 0. The maximum Gasteiger partial charge on any atom is 4.00 e. The first-order valence-corrected chi connectivity index (χ1v) is 9.18. The molecule has 2 aromatic rings. The maximum absolute atomic E-state index is 3.49. The molecule has 1 fully saturated rings. The summed E-state index contributed by atoms with van der Waals surface area (Å²) in [6.07, 6.45) is 6.00. The molecule has 0 atom stereocenters. The number of hydrogen-bond donors (Lipinski definition) is 0. The molecule has 0 aromatic heterocycles. The molecule has 0 unspecified atom stereocenters. The second-order valence-corrected chi connectivity index (χ2v) is 6.89. The van der Waals surface area contributed by atoms with E-state index >= 15 is 0 Å². The van der Waals surface area contributed by atoms with Gasteiger partial charge in [0, 0.05) is 0 Å². The maximum atomic E-state index is 3.49. The van der Waals surface area contributed by atoms with E-state index in [9.17, 15) is 0 Å². The third-order valence-electron chi connectivity index (χ3n) is 4.65. The molecule has 1 aliphatic carbocycles. The van der Waals surface area contributed by atoms with Crippen LogP contribution < -0.4 is 0 Å². The van der Waals surface area contributed by atoms with E-state index in [1.54, 1.807) is 0 Å². The van der Waals surface area contributed by atoms with E-state index in [2.05, 4.69) is 80.9 Å². The predicted molar refractivity (Wildman–Crippen MR) is 111 cm³/mol. The van der Waals surface area contributed by atoms with E-state index in [1.165, 1.54) is 57.3 Å². The van der Waals surface area contributed by atoms with Crippen molar-refractivity contribution < 1.29 is 26.2 Å². The largest absolute Gasteiger partial charge is 4.00 e. The van der Waals surface area contributed by atoms with Crippen molar-refractivity contribution in [3.05, 3.63) is 70.0 Å². The zero-order valence-electron chi connectivity index (χ0n) is 18.1. The standard InChI is InChI=1S/2C9H13.C3H5.C3H7.Zr/c2*1-6-5-7(2)9(4)8(6)3;1-2-3-1;1-3-2;/h2*5H,1-4H3;1H,2-3H2;1,3H2,2H3;/q4*-1;+4. The van der Waals surface area contributed by atoms with Crippen LogP contribution in [-0.4, -0.2) is 0 Å². The Morgan fingerprint density at radius 2 is 1.08 bits per heavy atom. The molecule has 1 aliphatic rings. The summed E-state index contributed by atoms with van der Waals surface area (Å²) in [6, 6.07) is 4.48. The van der Waals surface area contributed by atoms with Crippen LogP contribution in [0.4, 0.5) is 0 Å². The molecular formula is C24H38Zr. The summed E-state index contributed by atoms with van der Waals surface area (Å²) in [6.45, 7) is 22.9. The van der Waals surface area contributed by atoms with E-state index in [0.717, 1.165) is 6.42 Å². The average Bonchev–Trinajstić information content (AvgIpc) is 3.36. The van der Waals surface area contributed by atoms with Crippen LogP contribution in [-0.2, 0) is 26.2 Å². The Labute approximate surface area is 177 Å². The number of rotatable bonds is 0. The zero-order valence-corrected chi connectivity index (χ0v) is 20.5. The van der Waals surface area contributed by atoms with Crippen LogP contribution in [0.3, 0.4) is 0 Å². The van der Waals surface area contributed by atoms with E-state index in [4.69, 9.17) is 0 Å².